The molecule has 0 saturated carbocycles. The summed E-state index contributed by atoms with van der Waals surface area (Å²) >= 11 is 0. The van der Waals surface area contributed by atoms with E-state index in [1.165, 1.54) is 22.8 Å². The van der Waals surface area contributed by atoms with Crippen molar-refractivity contribution in [1.29, 1.82) is 0 Å². The summed E-state index contributed by atoms with van der Waals surface area (Å²) in [6, 6.07) is 13.5. The molecule has 1 fully saturated rings. The third-order valence-electron chi connectivity index (χ3n) is 5.28. The Morgan fingerprint density at radius 1 is 0.933 bits per heavy atom. The van der Waals surface area contributed by atoms with Gasteiger partial charge in [0.25, 0.3) is 0 Å². The van der Waals surface area contributed by atoms with E-state index >= 15 is 0 Å². The van der Waals surface area contributed by atoms with Crippen molar-refractivity contribution in [3.05, 3.63) is 71.8 Å². The van der Waals surface area contributed by atoms with Crippen LogP contribution < -0.4 is 4.90 Å². The first-order chi connectivity index (χ1) is 14.3. The lowest BCUT2D eigenvalue weighted by Crippen LogP contribution is -2.49. The topological polar surface area (TPSA) is 66.4 Å². The first-order valence-electron chi connectivity index (χ1n) is 9.75. The summed E-state index contributed by atoms with van der Waals surface area (Å²) in [5.74, 6) is 0.380. The van der Waals surface area contributed by atoms with Crippen molar-refractivity contribution in [3.63, 3.8) is 0 Å². The molecule has 0 unspecified atom stereocenters. The van der Waals surface area contributed by atoms with Crippen molar-refractivity contribution in [2.75, 3.05) is 31.1 Å². The van der Waals surface area contributed by atoms with Crippen LogP contribution in [0, 0.1) is 19.7 Å². The number of aromatic nitrogens is 2. The van der Waals surface area contributed by atoms with Crippen molar-refractivity contribution >= 4 is 15.8 Å². The van der Waals surface area contributed by atoms with E-state index in [1.807, 2.05) is 36.9 Å². The van der Waals surface area contributed by atoms with E-state index < -0.39 is 10.0 Å². The number of hydrogen-bond donors (Lipinski definition) is 0. The SMILES string of the molecule is Cc1ccc(S(=O)(=O)N2CCN(c3cc(-c4cccc(F)c4)ncn3)CC2)c(C)c1. The maximum atomic E-state index is 13.5. The van der Waals surface area contributed by atoms with Gasteiger partial charge in [-0.1, -0.05) is 29.8 Å². The first kappa shape index (κ1) is 20.4. The molecule has 6 nitrogen and oxygen atoms in total. The monoisotopic (exact) mass is 426 g/mol. The molecule has 0 spiro atoms. The number of halogens is 1. The zero-order chi connectivity index (χ0) is 21.3. The lowest BCUT2D eigenvalue weighted by Gasteiger charge is -2.35. The molecule has 0 aliphatic carbocycles. The molecule has 1 aliphatic rings. The van der Waals surface area contributed by atoms with Crippen LogP contribution in [0.15, 0.2) is 59.8 Å². The number of rotatable bonds is 4. The van der Waals surface area contributed by atoms with E-state index in [0.717, 1.165) is 11.1 Å². The van der Waals surface area contributed by atoms with Crippen LogP contribution in [0.2, 0.25) is 0 Å². The molecule has 1 aliphatic heterocycles. The van der Waals surface area contributed by atoms with Gasteiger partial charge >= 0.3 is 0 Å². The number of benzene rings is 2. The van der Waals surface area contributed by atoms with Crippen LogP contribution in [-0.4, -0.2) is 48.9 Å². The van der Waals surface area contributed by atoms with Crippen LogP contribution in [0.25, 0.3) is 11.3 Å². The summed E-state index contributed by atoms with van der Waals surface area (Å²) in [4.78, 5) is 11.0. The van der Waals surface area contributed by atoms with Gasteiger partial charge in [0.2, 0.25) is 10.0 Å². The van der Waals surface area contributed by atoms with Gasteiger partial charge in [0.05, 0.1) is 10.6 Å². The second-order valence-corrected chi connectivity index (χ2v) is 9.34. The Hall–Kier alpha value is -2.84. The van der Waals surface area contributed by atoms with Crippen LogP contribution in [0.1, 0.15) is 11.1 Å². The minimum absolute atomic E-state index is 0.321. The molecule has 0 atom stereocenters. The normalized spacial score (nSPS) is 15.4. The molecular formula is C22H23FN4O2S. The summed E-state index contributed by atoms with van der Waals surface area (Å²) in [5.41, 5.74) is 3.10. The van der Waals surface area contributed by atoms with Crippen LogP contribution >= 0.6 is 0 Å². The lowest BCUT2D eigenvalue weighted by atomic mass is 10.1. The molecule has 30 heavy (non-hydrogen) atoms. The summed E-state index contributed by atoms with van der Waals surface area (Å²) in [7, 11) is -3.54. The fourth-order valence-electron chi connectivity index (χ4n) is 3.71. The van der Waals surface area contributed by atoms with Gasteiger partial charge in [-0.2, -0.15) is 4.31 Å². The van der Waals surface area contributed by atoms with Crippen molar-refractivity contribution in [1.82, 2.24) is 14.3 Å². The first-order valence-corrected chi connectivity index (χ1v) is 11.2. The van der Waals surface area contributed by atoms with E-state index in [4.69, 9.17) is 0 Å². The molecule has 1 saturated heterocycles. The second kappa shape index (κ2) is 8.12. The third kappa shape index (κ3) is 4.06. The zero-order valence-electron chi connectivity index (χ0n) is 16.9. The van der Waals surface area contributed by atoms with E-state index in [2.05, 4.69) is 9.97 Å². The Balaban J connectivity index is 1.50. The second-order valence-electron chi connectivity index (χ2n) is 7.43. The molecule has 0 bridgehead atoms. The molecule has 0 N–H and O–H groups in total. The minimum Gasteiger partial charge on any atom is -0.354 e. The predicted molar refractivity (Wildman–Crippen MR) is 114 cm³/mol. The summed E-state index contributed by atoms with van der Waals surface area (Å²) in [6.07, 6.45) is 1.45. The maximum Gasteiger partial charge on any atom is 0.243 e. The Morgan fingerprint density at radius 2 is 1.70 bits per heavy atom. The Kier molecular flexibility index (Phi) is 5.53. The molecule has 2 heterocycles. The number of piperazine rings is 1. The van der Waals surface area contributed by atoms with Crippen LogP contribution in [-0.2, 0) is 10.0 Å². The van der Waals surface area contributed by atoms with Crippen molar-refractivity contribution < 1.29 is 12.8 Å². The summed E-state index contributed by atoms with van der Waals surface area (Å²) in [5, 5.41) is 0. The largest absolute Gasteiger partial charge is 0.354 e. The van der Waals surface area contributed by atoms with Crippen molar-refractivity contribution in [2.24, 2.45) is 0 Å². The van der Waals surface area contributed by atoms with E-state index in [9.17, 15) is 12.8 Å². The van der Waals surface area contributed by atoms with E-state index in [0.29, 0.717) is 48.1 Å². The van der Waals surface area contributed by atoms with Crippen LogP contribution in [0.5, 0.6) is 0 Å². The summed E-state index contributed by atoms with van der Waals surface area (Å²) < 4.78 is 41.2. The van der Waals surface area contributed by atoms with Gasteiger partial charge in [-0.05, 0) is 37.6 Å². The zero-order valence-corrected chi connectivity index (χ0v) is 17.7. The molecule has 2 aromatic carbocycles. The van der Waals surface area contributed by atoms with Crippen LogP contribution in [0.4, 0.5) is 10.2 Å². The van der Waals surface area contributed by atoms with E-state index in [-0.39, 0.29) is 5.82 Å². The fourth-order valence-corrected chi connectivity index (χ4v) is 5.34. The average Bonchev–Trinajstić information content (AvgIpc) is 2.74. The van der Waals surface area contributed by atoms with E-state index in [1.54, 1.807) is 18.2 Å². The van der Waals surface area contributed by atoms with Crippen molar-refractivity contribution in [3.8, 4) is 11.3 Å². The number of nitrogens with zero attached hydrogens (tertiary/aromatic N) is 4. The quantitative estimate of drug-likeness (QED) is 0.640. The fraction of sp³-hybridized carbons (Fsp3) is 0.273. The highest BCUT2D eigenvalue weighted by Crippen LogP contribution is 2.25. The predicted octanol–water partition coefficient (Wildman–Crippen LogP) is 3.41. The number of sulfonamides is 1. The third-order valence-corrected chi connectivity index (χ3v) is 7.34. The van der Waals surface area contributed by atoms with Crippen molar-refractivity contribution in [2.45, 2.75) is 18.7 Å². The summed E-state index contributed by atoms with van der Waals surface area (Å²) in [6.45, 7) is 5.55. The molecule has 3 aromatic rings. The van der Waals surface area contributed by atoms with Gasteiger partial charge < -0.3 is 4.90 Å². The standard InChI is InChI=1S/C22H23FN4O2S/c1-16-6-7-21(17(2)12-16)30(28,29)27-10-8-26(9-11-27)22-14-20(24-15-25-22)18-4-3-5-19(23)13-18/h3-7,12-15H,8-11H2,1-2H3. The smallest absolute Gasteiger partial charge is 0.243 e. The molecule has 8 heteroatoms. The Labute approximate surface area is 176 Å². The van der Waals surface area contributed by atoms with Gasteiger partial charge in [-0.3, -0.25) is 0 Å². The van der Waals surface area contributed by atoms with Gasteiger partial charge in [0.1, 0.15) is 18.0 Å². The highest BCUT2D eigenvalue weighted by Gasteiger charge is 2.30. The molecule has 1 aromatic heterocycles. The van der Waals surface area contributed by atoms with Gasteiger partial charge in [0.15, 0.2) is 0 Å². The number of anilines is 1. The van der Waals surface area contributed by atoms with Crippen LogP contribution in [0.3, 0.4) is 0 Å². The molecule has 156 valence electrons. The number of hydrogen-bond acceptors (Lipinski definition) is 5. The molecule has 4 rings (SSSR count). The minimum atomic E-state index is -3.54. The molecule has 0 amide bonds. The van der Waals surface area contributed by atoms with Gasteiger partial charge in [-0.15, -0.1) is 0 Å². The number of aryl methyl sites for hydroxylation is 2. The average molecular weight is 427 g/mol. The maximum absolute atomic E-state index is 13.5. The van der Waals surface area contributed by atoms with Gasteiger partial charge in [-0.25, -0.2) is 22.8 Å². The Bertz CT molecular complexity index is 1180. The lowest BCUT2D eigenvalue weighted by molar-refractivity contribution is 0.383. The van der Waals surface area contributed by atoms with Gasteiger partial charge in [0, 0.05) is 37.8 Å². The Morgan fingerprint density at radius 3 is 2.40 bits per heavy atom. The highest BCUT2D eigenvalue weighted by molar-refractivity contribution is 7.89. The molecular weight excluding hydrogens is 403 g/mol. The highest BCUT2D eigenvalue weighted by atomic mass is 32.2. The molecule has 0 radical (unpaired) electrons.